The molecule has 0 aromatic heterocycles. The molecule has 1 aromatic rings. The highest BCUT2D eigenvalue weighted by molar-refractivity contribution is 5.83. The maximum Gasteiger partial charge on any atom is 0.244 e. The van der Waals surface area contributed by atoms with Crippen molar-refractivity contribution >= 4 is 5.91 Å². The van der Waals surface area contributed by atoms with Crippen LogP contribution >= 0.6 is 0 Å². The second-order valence-corrected chi connectivity index (χ2v) is 3.56. The molecule has 3 nitrogen and oxygen atoms in total. The maximum atomic E-state index is 11.8. The summed E-state index contributed by atoms with van der Waals surface area (Å²) in [5.41, 5.74) is 1.05. The molecule has 1 N–H and O–H groups in total. The SMILES string of the molecule is CN1CCN[C@H](c2ccccc2)C1=O. The zero-order chi connectivity index (χ0) is 9.97. The fourth-order valence-electron chi connectivity index (χ4n) is 1.70. The van der Waals surface area contributed by atoms with E-state index in [1.165, 1.54) is 0 Å². The van der Waals surface area contributed by atoms with Crippen LogP contribution in [-0.2, 0) is 4.79 Å². The number of rotatable bonds is 1. The van der Waals surface area contributed by atoms with Gasteiger partial charge < -0.3 is 10.2 Å². The van der Waals surface area contributed by atoms with Crippen molar-refractivity contribution < 1.29 is 4.79 Å². The first kappa shape index (κ1) is 9.21. The monoisotopic (exact) mass is 190 g/mol. The molecule has 0 bridgehead atoms. The minimum Gasteiger partial charge on any atom is -0.343 e. The highest BCUT2D eigenvalue weighted by Crippen LogP contribution is 2.16. The van der Waals surface area contributed by atoms with Gasteiger partial charge in [-0.25, -0.2) is 0 Å². The van der Waals surface area contributed by atoms with E-state index in [0.29, 0.717) is 0 Å². The van der Waals surface area contributed by atoms with Gasteiger partial charge in [-0.3, -0.25) is 4.79 Å². The molecule has 1 aromatic carbocycles. The van der Waals surface area contributed by atoms with Gasteiger partial charge in [-0.1, -0.05) is 30.3 Å². The van der Waals surface area contributed by atoms with Crippen molar-refractivity contribution in [3.05, 3.63) is 35.9 Å². The third kappa shape index (κ3) is 1.63. The van der Waals surface area contributed by atoms with Crippen molar-refractivity contribution in [2.24, 2.45) is 0 Å². The van der Waals surface area contributed by atoms with Gasteiger partial charge in [0.1, 0.15) is 6.04 Å². The van der Waals surface area contributed by atoms with E-state index >= 15 is 0 Å². The van der Waals surface area contributed by atoms with Crippen LogP contribution in [0.4, 0.5) is 0 Å². The van der Waals surface area contributed by atoms with Crippen LogP contribution in [-0.4, -0.2) is 30.9 Å². The molecule has 74 valence electrons. The Morgan fingerprint density at radius 2 is 2.07 bits per heavy atom. The molecule has 1 fully saturated rings. The molecule has 1 heterocycles. The number of hydrogen-bond donors (Lipinski definition) is 1. The molecule has 0 radical (unpaired) electrons. The Bertz CT molecular complexity index is 323. The van der Waals surface area contributed by atoms with Crippen LogP contribution in [0.5, 0.6) is 0 Å². The minimum absolute atomic E-state index is 0.155. The molecule has 0 spiro atoms. The number of amides is 1. The van der Waals surface area contributed by atoms with Crippen molar-refractivity contribution in [1.29, 1.82) is 0 Å². The lowest BCUT2D eigenvalue weighted by atomic mass is 10.0. The third-order valence-corrected chi connectivity index (χ3v) is 2.55. The standard InChI is InChI=1S/C11H14N2O/c1-13-8-7-12-10(11(13)14)9-5-3-2-4-6-9/h2-6,10,12H,7-8H2,1H3/t10-/m1/s1. The predicted octanol–water partition coefficient (Wildman–Crippen LogP) is 0.789. The lowest BCUT2D eigenvalue weighted by Crippen LogP contribution is -2.48. The van der Waals surface area contributed by atoms with Crippen molar-refractivity contribution in [3.8, 4) is 0 Å². The highest BCUT2D eigenvalue weighted by Gasteiger charge is 2.26. The number of carbonyl (C=O) groups excluding carboxylic acids is 1. The summed E-state index contributed by atoms with van der Waals surface area (Å²) in [7, 11) is 1.85. The van der Waals surface area contributed by atoms with E-state index in [0.717, 1.165) is 18.7 Å². The summed E-state index contributed by atoms with van der Waals surface area (Å²) in [6, 6.07) is 9.68. The quantitative estimate of drug-likeness (QED) is 0.710. The lowest BCUT2D eigenvalue weighted by Gasteiger charge is -2.30. The van der Waals surface area contributed by atoms with Gasteiger partial charge in [0.25, 0.3) is 0 Å². The van der Waals surface area contributed by atoms with Crippen LogP contribution in [0.15, 0.2) is 30.3 Å². The third-order valence-electron chi connectivity index (χ3n) is 2.55. The van der Waals surface area contributed by atoms with Crippen molar-refractivity contribution in [2.45, 2.75) is 6.04 Å². The zero-order valence-corrected chi connectivity index (χ0v) is 8.23. The van der Waals surface area contributed by atoms with Crippen molar-refractivity contribution in [3.63, 3.8) is 0 Å². The van der Waals surface area contributed by atoms with E-state index in [2.05, 4.69) is 5.32 Å². The Balaban J connectivity index is 2.22. The number of nitrogens with zero attached hydrogens (tertiary/aromatic N) is 1. The van der Waals surface area contributed by atoms with Gasteiger partial charge >= 0.3 is 0 Å². The Labute approximate surface area is 83.7 Å². The average Bonchev–Trinajstić information content (AvgIpc) is 2.23. The summed E-state index contributed by atoms with van der Waals surface area (Å²) in [6.07, 6.45) is 0. The molecular weight excluding hydrogens is 176 g/mol. The highest BCUT2D eigenvalue weighted by atomic mass is 16.2. The normalized spacial score (nSPS) is 22.5. The van der Waals surface area contributed by atoms with Gasteiger partial charge in [-0.2, -0.15) is 0 Å². The predicted molar refractivity (Wildman–Crippen MR) is 54.8 cm³/mol. The van der Waals surface area contributed by atoms with E-state index in [1.54, 1.807) is 4.90 Å². The number of piperazine rings is 1. The van der Waals surface area contributed by atoms with Gasteiger partial charge in [-0.05, 0) is 5.56 Å². The average molecular weight is 190 g/mol. The van der Waals surface area contributed by atoms with E-state index < -0.39 is 0 Å². The molecule has 3 heteroatoms. The number of benzene rings is 1. The summed E-state index contributed by atoms with van der Waals surface area (Å²) >= 11 is 0. The number of hydrogen-bond acceptors (Lipinski definition) is 2. The smallest absolute Gasteiger partial charge is 0.244 e. The fraction of sp³-hybridized carbons (Fsp3) is 0.364. The Hall–Kier alpha value is -1.35. The molecule has 1 atom stereocenters. The summed E-state index contributed by atoms with van der Waals surface area (Å²) in [4.78, 5) is 13.6. The van der Waals surface area contributed by atoms with E-state index in [4.69, 9.17) is 0 Å². The van der Waals surface area contributed by atoms with Gasteiger partial charge in [0.15, 0.2) is 0 Å². The molecular formula is C11H14N2O. The van der Waals surface area contributed by atoms with Crippen LogP contribution in [0.1, 0.15) is 11.6 Å². The van der Waals surface area contributed by atoms with Crippen molar-refractivity contribution in [2.75, 3.05) is 20.1 Å². The van der Waals surface area contributed by atoms with E-state index in [9.17, 15) is 4.79 Å². The summed E-state index contributed by atoms with van der Waals surface area (Å²) in [5.74, 6) is 0.155. The minimum atomic E-state index is -0.157. The molecule has 1 saturated heterocycles. The molecule has 14 heavy (non-hydrogen) atoms. The second kappa shape index (κ2) is 3.80. The summed E-state index contributed by atoms with van der Waals surface area (Å²) in [6.45, 7) is 1.66. The van der Waals surface area contributed by atoms with Gasteiger partial charge in [0.2, 0.25) is 5.91 Å². The van der Waals surface area contributed by atoms with Crippen LogP contribution in [0, 0.1) is 0 Å². The zero-order valence-electron chi connectivity index (χ0n) is 8.23. The van der Waals surface area contributed by atoms with E-state index in [1.807, 2.05) is 37.4 Å². The lowest BCUT2D eigenvalue weighted by molar-refractivity contribution is -0.134. The number of likely N-dealkylation sites (N-methyl/N-ethyl adjacent to an activating group) is 1. The second-order valence-electron chi connectivity index (χ2n) is 3.56. The van der Waals surface area contributed by atoms with E-state index in [-0.39, 0.29) is 11.9 Å². The molecule has 0 aliphatic carbocycles. The molecule has 0 unspecified atom stereocenters. The molecule has 0 saturated carbocycles. The molecule has 1 aliphatic heterocycles. The van der Waals surface area contributed by atoms with Gasteiger partial charge in [0.05, 0.1) is 0 Å². The Morgan fingerprint density at radius 3 is 2.79 bits per heavy atom. The summed E-state index contributed by atoms with van der Waals surface area (Å²) in [5, 5.41) is 3.22. The van der Waals surface area contributed by atoms with Crippen LogP contribution in [0.2, 0.25) is 0 Å². The largest absolute Gasteiger partial charge is 0.343 e. The van der Waals surface area contributed by atoms with Crippen molar-refractivity contribution in [1.82, 2.24) is 10.2 Å². The fourth-order valence-corrected chi connectivity index (χ4v) is 1.70. The first-order chi connectivity index (χ1) is 6.79. The van der Waals surface area contributed by atoms with Gasteiger partial charge in [-0.15, -0.1) is 0 Å². The number of carbonyl (C=O) groups is 1. The number of nitrogens with one attached hydrogen (secondary N) is 1. The Morgan fingerprint density at radius 1 is 1.36 bits per heavy atom. The van der Waals surface area contributed by atoms with Crippen LogP contribution in [0.3, 0.4) is 0 Å². The Kier molecular flexibility index (Phi) is 2.50. The molecule has 1 amide bonds. The van der Waals surface area contributed by atoms with Gasteiger partial charge in [0, 0.05) is 20.1 Å². The first-order valence-corrected chi connectivity index (χ1v) is 4.82. The maximum absolute atomic E-state index is 11.8. The first-order valence-electron chi connectivity index (χ1n) is 4.82. The molecule has 2 rings (SSSR count). The topological polar surface area (TPSA) is 32.3 Å². The van der Waals surface area contributed by atoms with Crippen LogP contribution in [0.25, 0.3) is 0 Å². The molecule has 1 aliphatic rings. The summed E-state index contributed by atoms with van der Waals surface area (Å²) < 4.78 is 0. The van der Waals surface area contributed by atoms with Crippen LogP contribution < -0.4 is 5.32 Å².